The molecule has 1 aromatic heterocycles. The molecule has 0 spiro atoms. The second kappa shape index (κ2) is 10.4. The molecule has 0 saturated carbocycles. The van der Waals surface area contributed by atoms with Crippen molar-refractivity contribution in [1.29, 1.82) is 5.41 Å². The standard InChI is InChI=1S/C31H27N5O3/c32-31(33)36-16-4-7-27(36)30-34-29(35-39-30)25-13-12-24-18-26(15-14-23(24)17-25)38-19-28(37)22-10-8-21(9-11-22)20-5-2-1-3-6-20/h1-3,5-6,8-15,17-18,27H,4,7,16,19H2,(H3,32,33). The molecule has 3 N–H and O–H groups in total. The van der Waals surface area contributed by atoms with Crippen molar-refractivity contribution < 1.29 is 14.1 Å². The first-order valence-corrected chi connectivity index (χ1v) is 12.8. The molecular formula is C31H27N5O3. The number of nitrogens with zero attached hydrogens (tertiary/aromatic N) is 3. The van der Waals surface area contributed by atoms with Crippen LogP contribution in [0.5, 0.6) is 5.75 Å². The van der Waals surface area contributed by atoms with Gasteiger partial charge in [-0.3, -0.25) is 10.2 Å². The number of hydrogen-bond donors (Lipinski definition) is 2. The van der Waals surface area contributed by atoms with E-state index in [1.165, 1.54) is 0 Å². The van der Waals surface area contributed by atoms with E-state index in [1.54, 1.807) is 4.90 Å². The Morgan fingerprint density at radius 3 is 2.46 bits per heavy atom. The molecule has 6 rings (SSSR count). The lowest BCUT2D eigenvalue weighted by molar-refractivity contribution is 0.0921. The first-order valence-electron chi connectivity index (χ1n) is 12.8. The number of benzene rings is 4. The highest BCUT2D eigenvalue weighted by Crippen LogP contribution is 2.32. The summed E-state index contributed by atoms with van der Waals surface area (Å²) in [5.74, 6) is 1.52. The minimum atomic E-state index is -0.159. The molecule has 1 aliphatic rings. The number of aromatic nitrogens is 2. The number of ketones is 1. The van der Waals surface area contributed by atoms with E-state index in [0.717, 1.165) is 40.3 Å². The van der Waals surface area contributed by atoms with E-state index in [-0.39, 0.29) is 24.4 Å². The van der Waals surface area contributed by atoms with Crippen LogP contribution in [0.15, 0.2) is 95.5 Å². The largest absolute Gasteiger partial charge is 0.485 e. The van der Waals surface area contributed by atoms with Gasteiger partial charge in [-0.2, -0.15) is 4.98 Å². The van der Waals surface area contributed by atoms with E-state index in [9.17, 15) is 4.79 Å². The number of guanidine groups is 1. The Kier molecular flexibility index (Phi) is 6.50. The Hall–Kier alpha value is -4.98. The Labute approximate surface area is 225 Å². The molecule has 194 valence electrons. The van der Waals surface area contributed by atoms with Crippen LogP contribution in [0.1, 0.15) is 35.1 Å². The fraction of sp³-hybridized carbons (Fsp3) is 0.161. The lowest BCUT2D eigenvalue weighted by Crippen LogP contribution is -2.35. The third-order valence-corrected chi connectivity index (χ3v) is 7.04. The molecule has 0 aliphatic carbocycles. The van der Waals surface area contributed by atoms with E-state index in [0.29, 0.717) is 29.6 Å². The van der Waals surface area contributed by atoms with Gasteiger partial charge in [0.25, 0.3) is 0 Å². The minimum absolute atomic E-state index is 0.0173. The summed E-state index contributed by atoms with van der Waals surface area (Å²) in [5.41, 5.74) is 9.32. The smallest absolute Gasteiger partial charge is 0.249 e. The summed E-state index contributed by atoms with van der Waals surface area (Å²) >= 11 is 0. The molecule has 39 heavy (non-hydrogen) atoms. The number of fused-ring (bicyclic) bond motifs is 1. The lowest BCUT2D eigenvalue weighted by Gasteiger charge is -2.21. The highest BCUT2D eigenvalue weighted by atomic mass is 16.5. The van der Waals surface area contributed by atoms with Crippen molar-refractivity contribution in [3.8, 4) is 28.3 Å². The van der Waals surface area contributed by atoms with Crippen molar-refractivity contribution in [2.45, 2.75) is 18.9 Å². The Morgan fingerprint density at radius 1 is 0.949 bits per heavy atom. The summed E-state index contributed by atoms with van der Waals surface area (Å²) < 4.78 is 11.4. The second-order valence-electron chi connectivity index (χ2n) is 9.57. The number of rotatable bonds is 7. The summed E-state index contributed by atoms with van der Waals surface area (Å²) in [5, 5.41) is 13.9. The van der Waals surface area contributed by atoms with Crippen molar-refractivity contribution in [2.75, 3.05) is 13.2 Å². The average molecular weight is 518 g/mol. The molecule has 0 bridgehead atoms. The number of ether oxygens (including phenoxy) is 1. The average Bonchev–Trinajstić information content (AvgIpc) is 3.66. The fourth-order valence-corrected chi connectivity index (χ4v) is 4.96. The number of likely N-dealkylation sites (tertiary alicyclic amines) is 1. The Morgan fingerprint density at radius 2 is 1.67 bits per heavy atom. The first kappa shape index (κ1) is 24.4. The Bertz CT molecular complexity index is 1650. The summed E-state index contributed by atoms with van der Waals surface area (Å²) in [4.78, 5) is 19.1. The van der Waals surface area contributed by atoms with E-state index in [4.69, 9.17) is 20.4 Å². The van der Waals surface area contributed by atoms with Gasteiger partial charge in [0.15, 0.2) is 18.3 Å². The third-order valence-electron chi connectivity index (χ3n) is 7.04. The third kappa shape index (κ3) is 5.09. The fourth-order valence-electron chi connectivity index (χ4n) is 4.96. The normalized spacial score (nSPS) is 15.0. The van der Waals surface area contributed by atoms with E-state index >= 15 is 0 Å². The van der Waals surface area contributed by atoms with Crippen LogP contribution in [-0.4, -0.2) is 39.9 Å². The molecule has 8 nitrogen and oxygen atoms in total. The zero-order valence-corrected chi connectivity index (χ0v) is 21.2. The van der Waals surface area contributed by atoms with Crippen LogP contribution >= 0.6 is 0 Å². The lowest BCUT2D eigenvalue weighted by atomic mass is 10.0. The number of carbonyl (C=O) groups is 1. The number of Topliss-reactive ketones (excluding diaryl/α,β-unsaturated/α-hetero) is 1. The van der Waals surface area contributed by atoms with Gasteiger partial charge in [0.05, 0.1) is 0 Å². The maximum Gasteiger partial charge on any atom is 0.249 e. The maximum atomic E-state index is 12.7. The SMILES string of the molecule is N=C(N)N1CCCC1c1nc(-c2ccc3cc(OCC(=O)c4ccc(-c5ccccc5)cc4)ccc3c2)no1. The zero-order valence-electron chi connectivity index (χ0n) is 21.2. The second-order valence-corrected chi connectivity index (χ2v) is 9.57. The van der Waals surface area contributed by atoms with Crippen LogP contribution in [0.3, 0.4) is 0 Å². The summed E-state index contributed by atoms with van der Waals surface area (Å²) in [6.45, 7) is 0.669. The first-order chi connectivity index (χ1) is 19.0. The van der Waals surface area contributed by atoms with E-state index < -0.39 is 0 Å². The highest BCUT2D eigenvalue weighted by Gasteiger charge is 2.31. The van der Waals surface area contributed by atoms with Crippen LogP contribution in [0.25, 0.3) is 33.3 Å². The van der Waals surface area contributed by atoms with Gasteiger partial charge in [0, 0.05) is 17.7 Å². The summed E-state index contributed by atoms with van der Waals surface area (Å²) in [6, 6.07) is 29.1. The monoisotopic (exact) mass is 517 g/mol. The van der Waals surface area contributed by atoms with Crippen molar-refractivity contribution in [3.05, 3.63) is 102 Å². The molecule has 1 fully saturated rings. The van der Waals surface area contributed by atoms with Crippen molar-refractivity contribution in [1.82, 2.24) is 15.0 Å². The van der Waals surface area contributed by atoms with Gasteiger partial charge in [0.2, 0.25) is 11.7 Å². The molecular weight excluding hydrogens is 490 g/mol. The molecule has 2 heterocycles. The number of nitrogens with two attached hydrogens (primary N) is 1. The minimum Gasteiger partial charge on any atom is -0.485 e. The van der Waals surface area contributed by atoms with Crippen LogP contribution in [-0.2, 0) is 0 Å². The topological polar surface area (TPSA) is 118 Å². The van der Waals surface area contributed by atoms with Crippen LogP contribution in [0, 0.1) is 5.41 Å². The number of nitrogens with one attached hydrogen (secondary N) is 1. The predicted octanol–water partition coefficient (Wildman–Crippen LogP) is 5.85. The van der Waals surface area contributed by atoms with E-state index in [2.05, 4.69) is 10.1 Å². The molecule has 0 amide bonds. The zero-order chi connectivity index (χ0) is 26.8. The van der Waals surface area contributed by atoms with Crippen LogP contribution < -0.4 is 10.5 Å². The summed E-state index contributed by atoms with van der Waals surface area (Å²) in [7, 11) is 0. The van der Waals surface area contributed by atoms with Crippen LogP contribution in [0.2, 0.25) is 0 Å². The van der Waals surface area contributed by atoms with Gasteiger partial charge in [-0.25, -0.2) is 0 Å². The van der Waals surface area contributed by atoms with Gasteiger partial charge >= 0.3 is 0 Å². The molecule has 4 aromatic carbocycles. The predicted molar refractivity (Wildman–Crippen MR) is 150 cm³/mol. The van der Waals surface area contributed by atoms with Crippen molar-refractivity contribution in [2.24, 2.45) is 5.73 Å². The van der Waals surface area contributed by atoms with Crippen molar-refractivity contribution in [3.63, 3.8) is 0 Å². The van der Waals surface area contributed by atoms with Crippen molar-refractivity contribution >= 4 is 22.5 Å². The summed E-state index contributed by atoms with van der Waals surface area (Å²) in [6.07, 6.45) is 1.75. The number of carbonyl (C=O) groups excluding carboxylic acids is 1. The van der Waals surface area contributed by atoms with E-state index in [1.807, 2.05) is 91.0 Å². The number of hydrogen-bond acceptors (Lipinski definition) is 6. The van der Waals surface area contributed by atoms with Gasteiger partial charge in [-0.15, -0.1) is 0 Å². The molecule has 0 radical (unpaired) electrons. The van der Waals surface area contributed by atoms with Crippen LogP contribution in [0.4, 0.5) is 0 Å². The molecule has 1 unspecified atom stereocenters. The van der Waals surface area contributed by atoms with Gasteiger partial charge in [-0.1, -0.05) is 78.0 Å². The molecule has 5 aromatic rings. The molecule has 1 atom stereocenters. The van der Waals surface area contributed by atoms with Gasteiger partial charge in [-0.05, 0) is 52.9 Å². The van der Waals surface area contributed by atoms with Gasteiger partial charge in [0.1, 0.15) is 11.8 Å². The highest BCUT2D eigenvalue weighted by molar-refractivity contribution is 5.97. The quantitative estimate of drug-likeness (QED) is 0.158. The maximum absolute atomic E-state index is 12.7. The molecule has 8 heteroatoms. The Balaban J connectivity index is 1.12. The molecule has 1 aliphatic heterocycles. The molecule has 1 saturated heterocycles. The van der Waals surface area contributed by atoms with Gasteiger partial charge < -0.3 is 19.9 Å².